The van der Waals surface area contributed by atoms with Crippen LogP contribution in [0.4, 0.5) is 0 Å². The Kier molecular flexibility index (Phi) is 3.32. The minimum atomic E-state index is -0.347. The Morgan fingerprint density at radius 3 is 2.48 bits per heavy atom. The molecule has 0 aliphatic rings. The highest BCUT2D eigenvalue weighted by Gasteiger charge is 2.21. The average Bonchev–Trinajstić information content (AvgIpc) is 2.86. The first kappa shape index (κ1) is 14.2. The van der Waals surface area contributed by atoms with Gasteiger partial charge < -0.3 is 8.83 Å². The van der Waals surface area contributed by atoms with E-state index in [1.165, 1.54) is 4.57 Å². The molecule has 0 aliphatic heterocycles. The predicted molar refractivity (Wildman–Crippen MR) is 85.1 cm³/mol. The van der Waals surface area contributed by atoms with Crippen LogP contribution in [0.3, 0.4) is 0 Å². The smallest absolute Gasteiger partial charge is 0.419 e. The summed E-state index contributed by atoms with van der Waals surface area (Å²) in [5.74, 6) is 1.49. The lowest BCUT2D eigenvalue weighted by Crippen LogP contribution is -2.08. The van der Waals surface area contributed by atoms with Gasteiger partial charge in [-0.05, 0) is 44.0 Å². The number of oxazole rings is 1. The minimum absolute atomic E-state index is 0.00450. The van der Waals surface area contributed by atoms with E-state index in [1.54, 1.807) is 7.05 Å². The van der Waals surface area contributed by atoms with E-state index < -0.39 is 0 Å². The van der Waals surface area contributed by atoms with Gasteiger partial charge in [0.05, 0.1) is 10.3 Å². The number of fused-ring (bicyclic) bond motifs is 1. The van der Waals surface area contributed by atoms with Crippen molar-refractivity contribution in [3.05, 3.63) is 57.0 Å². The maximum atomic E-state index is 11.6. The zero-order valence-electron chi connectivity index (χ0n) is 12.4. The summed E-state index contributed by atoms with van der Waals surface area (Å²) in [6, 6.07) is 5.80. The lowest BCUT2D eigenvalue weighted by molar-refractivity contribution is 0.500. The molecular formula is C16H16BrNO3. The van der Waals surface area contributed by atoms with Gasteiger partial charge in [-0.1, -0.05) is 22.0 Å². The van der Waals surface area contributed by atoms with Crippen LogP contribution in [0.15, 0.2) is 31.8 Å². The van der Waals surface area contributed by atoms with Crippen LogP contribution >= 0.6 is 15.9 Å². The van der Waals surface area contributed by atoms with Gasteiger partial charge in [0.1, 0.15) is 11.5 Å². The number of aromatic nitrogens is 1. The molecule has 2 heterocycles. The number of rotatable bonds is 2. The number of nitrogens with zero attached hydrogens (tertiary/aromatic N) is 1. The van der Waals surface area contributed by atoms with Gasteiger partial charge in [0, 0.05) is 12.6 Å². The average molecular weight is 350 g/mol. The first-order valence-electron chi connectivity index (χ1n) is 6.70. The van der Waals surface area contributed by atoms with Crippen LogP contribution in [-0.4, -0.2) is 4.57 Å². The van der Waals surface area contributed by atoms with Crippen molar-refractivity contribution in [1.29, 1.82) is 0 Å². The molecule has 5 heteroatoms. The fourth-order valence-corrected chi connectivity index (χ4v) is 3.61. The zero-order valence-corrected chi connectivity index (χ0v) is 13.9. The molecule has 3 aromatic rings. The third-order valence-electron chi connectivity index (χ3n) is 3.98. The van der Waals surface area contributed by atoms with Gasteiger partial charge in [-0.15, -0.1) is 0 Å². The van der Waals surface area contributed by atoms with E-state index in [2.05, 4.69) is 22.9 Å². The third kappa shape index (κ3) is 2.16. The van der Waals surface area contributed by atoms with E-state index in [0.717, 1.165) is 33.7 Å². The summed E-state index contributed by atoms with van der Waals surface area (Å²) in [6.07, 6.45) is 0. The van der Waals surface area contributed by atoms with Gasteiger partial charge in [0.2, 0.25) is 0 Å². The largest absolute Gasteiger partial charge is 0.466 e. The fraction of sp³-hybridized carbons (Fsp3) is 0.312. The molecule has 1 unspecified atom stereocenters. The van der Waals surface area contributed by atoms with Gasteiger partial charge in [-0.3, -0.25) is 4.57 Å². The molecule has 0 saturated heterocycles. The highest BCUT2D eigenvalue weighted by atomic mass is 79.9. The molecule has 0 N–H and O–H groups in total. The van der Waals surface area contributed by atoms with Crippen molar-refractivity contribution in [2.75, 3.05) is 0 Å². The molecule has 4 nitrogen and oxygen atoms in total. The Hall–Kier alpha value is -1.75. The molecule has 21 heavy (non-hydrogen) atoms. The number of hydrogen-bond donors (Lipinski definition) is 0. The zero-order chi connectivity index (χ0) is 15.3. The van der Waals surface area contributed by atoms with Crippen molar-refractivity contribution in [2.45, 2.75) is 25.6 Å². The van der Waals surface area contributed by atoms with Gasteiger partial charge in [-0.25, -0.2) is 4.79 Å². The summed E-state index contributed by atoms with van der Waals surface area (Å²) in [5, 5.41) is 0. The number of alkyl halides is 1. The molecule has 0 amide bonds. The predicted octanol–water partition coefficient (Wildman–Crippen LogP) is 4.13. The van der Waals surface area contributed by atoms with Crippen molar-refractivity contribution in [2.24, 2.45) is 7.05 Å². The van der Waals surface area contributed by atoms with Crippen LogP contribution in [0.1, 0.15) is 33.0 Å². The molecule has 2 aromatic heterocycles. The van der Waals surface area contributed by atoms with E-state index >= 15 is 0 Å². The molecule has 0 radical (unpaired) electrons. The molecule has 0 saturated carbocycles. The van der Waals surface area contributed by atoms with Crippen LogP contribution in [-0.2, 0) is 7.05 Å². The Morgan fingerprint density at radius 2 is 1.86 bits per heavy atom. The van der Waals surface area contributed by atoms with Crippen LogP contribution in [0.2, 0.25) is 0 Å². The van der Waals surface area contributed by atoms with Crippen LogP contribution in [0.5, 0.6) is 0 Å². The van der Waals surface area contributed by atoms with Crippen molar-refractivity contribution >= 4 is 27.0 Å². The number of benzene rings is 1. The van der Waals surface area contributed by atoms with Crippen molar-refractivity contribution < 1.29 is 8.83 Å². The second-order valence-electron chi connectivity index (χ2n) is 5.27. The highest BCUT2D eigenvalue weighted by molar-refractivity contribution is 9.09. The number of hydrogen-bond acceptors (Lipinski definition) is 3. The summed E-state index contributed by atoms with van der Waals surface area (Å²) in [4.78, 5) is 11.6. The molecule has 3 rings (SSSR count). The van der Waals surface area contributed by atoms with Crippen LogP contribution in [0, 0.1) is 20.8 Å². The summed E-state index contributed by atoms with van der Waals surface area (Å²) in [5.41, 5.74) is 4.69. The van der Waals surface area contributed by atoms with Gasteiger partial charge in [-0.2, -0.15) is 0 Å². The second-order valence-corrected chi connectivity index (χ2v) is 6.19. The summed E-state index contributed by atoms with van der Waals surface area (Å²) in [6.45, 7) is 5.98. The summed E-state index contributed by atoms with van der Waals surface area (Å²) < 4.78 is 12.4. The molecule has 1 aromatic carbocycles. The van der Waals surface area contributed by atoms with E-state index in [9.17, 15) is 4.79 Å². The highest BCUT2D eigenvalue weighted by Crippen LogP contribution is 2.38. The number of furan rings is 1. The van der Waals surface area contributed by atoms with E-state index in [0.29, 0.717) is 5.58 Å². The Bertz CT molecular complexity index is 885. The van der Waals surface area contributed by atoms with Gasteiger partial charge in [0.25, 0.3) is 0 Å². The third-order valence-corrected chi connectivity index (χ3v) is 4.97. The van der Waals surface area contributed by atoms with E-state index in [-0.39, 0.29) is 10.6 Å². The van der Waals surface area contributed by atoms with Gasteiger partial charge in [0.15, 0.2) is 5.58 Å². The van der Waals surface area contributed by atoms with Crippen molar-refractivity contribution in [1.82, 2.24) is 4.57 Å². The molecular weight excluding hydrogens is 334 g/mol. The van der Waals surface area contributed by atoms with Crippen molar-refractivity contribution in [3.63, 3.8) is 0 Å². The summed E-state index contributed by atoms with van der Waals surface area (Å²) >= 11 is 3.73. The lowest BCUT2D eigenvalue weighted by atomic mass is 10.0. The topological polar surface area (TPSA) is 48.3 Å². The SMILES string of the molecule is Cc1oc(C)c(C(Br)c2ccc3c(c2)oc(=O)n3C)c1C. The minimum Gasteiger partial charge on any atom is -0.466 e. The van der Waals surface area contributed by atoms with Crippen LogP contribution in [0.25, 0.3) is 11.1 Å². The fourth-order valence-electron chi connectivity index (χ4n) is 2.66. The molecule has 0 aliphatic carbocycles. The maximum Gasteiger partial charge on any atom is 0.419 e. The molecule has 0 fully saturated rings. The Morgan fingerprint density at radius 1 is 1.14 bits per heavy atom. The first-order valence-corrected chi connectivity index (χ1v) is 7.61. The monoisotopic (exact) mass is 349 g/mol. The van der Waals surface area contributed by atoms with Crippen LogP contribution < -0.4 is 5.76 Å². The maximum absolute atomic E-state index is 11.6. The van der Waals surface area contributed by atoms with E-state index in [1.807, 2.05) is 32.0 Å². The number of halogens is 1. The summed E-state index contributed by atoms with van der Waals surface area (Å²) in [7, 11) is 1.70. The first-order chi connectivity index (χ1) is 9.90. The Labute approximate surface area is 130 Å². The lowest BCUT2D eigenvalue weighted by Gasteiger charge is -2.11. The molecule has 0 spiro atoms. The quantitative estimate of drug-likeness (QED) is 0.653. The molecule has 110 valence electrons. The molecule has 0 bridgehead atoms. The van der Waals surface area contributed by atoms with E-state index in [4.69, 9.17) is 8.83 Å². The number of aryl methyl sites for hydroxylation is 3. The molecule has 1 atom stereocenters. The van der Waals surface area contributed by atoms with Crippen molar-refractivity contribution in [3.8, 4) is 0 Å². The standard InChI is InChI=1S/C16H16BrNO3/c1-8-9(2)20-10(3)14(8)15(17)11-5-6-12-13(7-11)21-16(19)18(12)4/h5-7,15H,1-4H3. The normalized spacial score (nSPS) is 13.0. The van der Waals surface area contributed by atoms with Gasteiger partial charge >= 0.3 is 5.76 Å². The second kappa shape index (κ2) is 4.91. The Balaban J connectivity index is 2.13.